The monoisotopic (exact) mass is 939 g/mol. The van der Waals surface area contributed by atoms with Crippen molar-refractivity contribution in [3.05, 3.63) is 134 Å². The van der Waals surface area contributed by atoms with Gasteiger partial charge >= 0.3 is 17.9 Å². The lowest BCUT2D eigenvalue weighted by molar-refractivity contribution is -0.167. The molecule has 0 rings (SSSR count). The first-order chi connectivity index (χ1) is 33.5. The molecule has 68 heavy (non-hydrogen) atoms. The standard InChI is InChI=1S/C62H98O6/c1-4-7-10-13-16-19-22-25-28-30-31-33-34-37-40-43-46-49-52-55-61(64)67-58-59(57-66-60(63)54-51-48-45-42-39-36-27-24-21-18-15-12-9-6-3)68-62(65)56-53-50-47-44-41-38-35-32-29-26-23-20-17-14-11-8-5-2/h7-12,16-21,25-29,35-36,38,44,47,59H,4-6,13-15,22-24,30-34,37,39-43,45-46,48-58H2,1-3H3/b10-7-,11-8-,12-9-,19-16-,20-17-,21-18-,28-25-,29-26-,36-27-,38-35-,47-44-. The van der Waals surface area contributed by atoms with E-state index in [-0.39, 0.29) is 37.5 Å². The Kier molecular flexibility index (Phi) is 51.5. The van der Waals surface area contributed by atoms with Crippen LogP contribution in [-0.4, -0.2) is 37.2 Å². The van der Waals surface area contributed by atoms with Crippen LogP contribution in [0.4, 0.5) is 0 Å². The molecule has 0 saturated carbocycles. The summed E-state index contributed by atoms with van der Waals surface area (Å²) in [5.74, 6) is -1.01. The summed E-state index contributed by atoms with van der Waals surface area (Å²) in [6, 6.07) is 0. The molecule has 0 aliphatic rings. The topological polar surface area (TPSA) is 78.9 Å². The second-order valence-corrected chi connectivity index (χ2v) is 17.3. The summed E-state index contributed by atoms with van der Waals surface area (Å²) in [6.45, 7) is 6.22. The molecule has 0 spiro atoms. The highest BCUT2D eigenvalue weighted by molar-refractivity contribution is 5.71. The van der Waals surface area contributed by atoms with Gasteiger partial charge in [-0.2, -0.15) is 0 Å². The Labute approximate surface area is 417 Å². The molecular weight excluding hydrogens is 841 g/mol. The van der Waals surface area contributed by atoms with Crippen molar-refractivity contribution in [2.75, 3.05) is 13.2 Å². The average Bonchev–Trinajstić information content (AvgIpc) is 3.34. The van der Waals surface area contributed by atoms with Crippen LogP contribution in [0.25, 0.3) is 0 Å². The van der Waals surface area contributed by atoms with Crippen molar-refractivity contribution in [3.8, 4) is 0 Å². The third-order valence-electron chi connectivity index (χ3n) is 10.9. The van der Waals surface area contributed by atoms with Crippen molar-refractivity contribution in [1.82, 2.24) is 0 Å². The second-order valence-electron chi connectivity index (χ2n) is 17.3. The number of hydrogen-bond donors (Lipinski definition) is 0. The molecule has 0 aliphatic heterocycles. The van der Waals surface area contributed by atoms with Crippen LogP contribution in [0.15, 0.2) is 134 Å². The summed E-state index contributed by atoms with van der Waals surface area (Å²) in [7, 11) is 0. The molecule has 0 bridgehead atoms. The van der Waals surface area contributed by atoms with Crippen molar-refractivity contribution < 1.29 is 28.6 Å². The van der Waals surface area contributed by atoms with Crippen LogP contribution in [0.2, 0.25) is 0 Å². The number of ether oxygens (including phenoxy) is 3. The van der Waals surface area contributed by atoms with Crippen molar-refractivity contribution in [1.29, 1.82) is 0 Å². The molecule has 0 aromatic rings. The van der Waals surface area contributed by atoms with E-state index in [1.54, 1.807) is 0 Å². The van der Waals surface area contributed by atoms with Gasteiger partial charge in [0.15, 0.2) is 6.10 Å². The lowest BCUT2D eigenvalue weighted by atomic mass is 10.1. The Balaban J connectivity index is 4.52. The van der Waals surface area contributed by atoms with Crippen LogP contribution in [0.5, 0.6) is 0 Å². The minimum atomic E-state index is -0.824. The van der Waals surface area contributed by atoms with Crippen LogP contribution < -0.4 is 0 Å². The fourth-order valence-corrected chi connectivity index (χ4v) is 6.92. The smallest absolute Gasteiger partial charge is 0.306 e. The molecule has 382 valence electrons. The summed E-state index contributed by atoms with van der Waals surface area (Å²) >= 11 is 0. The molecule has 0 saturated heterocycles. The predicted molar refractivity (Wildman–Crippen MR) is 292 cm³/mol. The van der Waals surface area contributed by atoms with Gasteiger partial charge in [-0.1, -0.05) is 212 Å². The minimum absolute atomic E-state index is 0.115. The quantitative estimate of drug-likeness (QED) is 0.0262. The molecule has 6 heteroatoms. The molecule has 0 aromatic carbocycles. The Morgan fingerprint density at radius 3 is 0.868 bits per heavy atom. The van der Waals surface area contributed by atoms with Crippen molar-refractivity contribution >= 4 is 17.9 Å². The van der Waals surface area contributed by atoms with E-state index in [4.69, 9.17) is 14.2 Å². The highest BCUT2D eigenvalue weighted by Crippen LogP contribution is 2.13. The second kappa shape index (κ2) is 55.1. The molecule has 0 heterocycles. The van der Waals surface area contributed by atoms with Gasteiger partial charge in [0, 0.05) is 19.3 Å². The summed E-state index contributed by atoms with van der Waals surface area (Å²) < 4.78 is 16.8. The van der Waals surface area contributed by atoms with Crippen LogP contribution in [-0.2, 0) is 28.6 Å². The number of hydrogen-bond acceptors (Lipinski definition) is 6. The Hall–Kier alpha value is -4.45. The van der Waals surface area contributed by atoms with E-state index >= 15 is 0 Å². The van der Waals surface area contributed by atoms with E-state index in [9.17, 15) is 14.4 Å². The fraction of sp³-hybridized carbons (Fsp3) is 0.597. The zero-order valence-corrected chi connectivity index (χ0v) is 43.6. The van der Waals surface area contributed by atoms with Gasteiger partial charge in [0.1, 0.15) is 13.2 Å². The molecule has 0 aromatic heterocycles. The first-order valence-electron chi connectivity index (χ1n) is 27.2. The molecule has 1 unspecified atom stereocenters. The molecule has 0 amide bonds. The van der Waals surface area contributed by atoms with Gasteiger partial charge in [0.2, 0.25) is 0 Å². The summed E-state index contributed by atoms with van der Waals surface area (Å²) in [4.78, 5) is 38.1. The van der Waals surface area contributed by atoms with Gasteiger partial charge in [-0.25, -0.2) is 0 Å². The van der Waals surface area contributed by atoms with Crippen LogP contribution in [0, 0.1) is 0 Å². The number of rotatable bonds is 47. The van der Waals surface area contributed by atoms with Gasteiger partial charge in [-0.3, -0.25) is 14.4 Å². The Morgan fingerprint density at radius 1 is 0.294 bits per heavy atom. The number of carbonyl (C=O) groups is 3. The van der Waals surface area contributed by atoms with Crippen LogP contribution >= 0.6 is 0 Å². The number of allylic oxidation sites excluding steroid dienone is 22. The summed E-state index contributed by atoms with van der Waals surface area (Å²) in [6.07, 6.45) is 77.3. The third-order valence-corrected chi connectivity index (χ3v) is 10.9. The molecule has 6 nitrogen and oxygen atoms in total. The van der Waals surface area contributed by atoms with Gasteiger partial charge in [-0.05, 0) is 122 Å². The number of carbonyl (C=O) groups excluding carboxylic acids is 3. The van der Waals surface area contributed by atoms with E-state index < -0.39 is 6.10 Å². The SMILES string of the molecule is CC/C=C\C/C=C\C/C=C\C/C=C\C/C=C\CCCC(=O)OC(COC(=O)CCCCCC/C=C\C/C=C\C/C=C\CC)COC(=O)CCCCCCCCCCC/C=C\C/C=C\C/C=C\CC. The highest BCUT2D eigenvalue weighted by Gasteiger charge is 2.19. The van der Waals surface area contributed by atoms with Gasteiger partial charge in [0.25, 0.3) is 0 Å². The van der Waals surface area contributed by atoms with E-state index in [1.807, 2.05) is 0 Å². The fourth-order valence-electron chi connectivity index (χ4n) is 6.92. The number of unbranched alkanes of at least 4 members (excludes halogenated alkanes) is 14. The summed E-state index contributed by atoms with van der Waals surface area (Å²) in [5, 5.41) is 0. The molecule has 1 atom stereocenters. The normalized spacial score (nSPS) is 13.2. The van der Waals surface area contributed by atoms with Gasteiger partial charge in [-0.15, -0.1) is 0 Å². The molecule has 0 fully saturated rings. The zero-order valence-electron chi connectivity index (χ0n) is 43.6. The largest absolute Gasteiger partial charge is 0.462 e. The highest BCUT2D eigenvalue weighted by atomic mass is 16.6. The first-order valence-corrected chi connectivity index (χ1v) is 27.2. The van der Waals surface area contributed by atoms with Crippen LogP contribution in [0.1, 0.15) is 220 Å². The first kappa shape index (κ1) is 63.5. The lowest BCUT2D eigenvalue weighted by Gasteiger charge is -2.18. The molecule has 0 radical (unpaired) electrons. The Bertz CT molecular complexity index is 1500. The number of esters is 3. The van der Waals surface area contributed by atoms with Crippen LogP contribution in [0.3, 0.4) is 0 Å². The average molecular weight is 939 g/mol. The maximum absolute atomic E-state index is 12.8. The van der Waals surface area contributed by atoms with Crippen molar-refractivity contribution in [2.45, 2.75) is 226 Å². The maximum Gasteiger partial charge on any atom is 0.306 e. The molecular formula is C62H98O6. The van der Waals surface area contributed by atoms with E-state index in [0.29, 0.717) is 19.3 Å². The molecule has 0 N–H and O–H groups in total. The maximum atomic E-state index is 12.8. The molecule has 0 aliphatic carbocycles. The summed E-state index contributed by atoms with van der Waals surface area (Å²) in [5.41, 5.74) is 0. The zero-order chi connectivity index (χ0) is 49.3. The third kappa shape index (κ3) is 52.5. The van der Waals surface area contributed by atoms with Gasteiger partial charge in [0.05, 0.1) is 0 Å². The van der Waals surface area contributed by atoms with Gasteiger partial charge < -0.3 is 14.2 Å². The lowest BCUT2D eigenvalue weighted by Crippen LogP contribution is -2.30. The Morgan fingerprint density at radius 2 is 0.544 bits per heavy atom. The van der Waals surface area contributed by atoms with E-state index in [2.05, 4.69) is 154 Å². The van der Waals surface area contributed by atoms with E-state index in [1.165, 1.54) is 38.5 Å². The van der Waals surface area contributed by atoms with Crippen molar-refractivity contribution in [2.24, 2.45) is 0 Å². The predicted octanol–water partition coefficient (Wildman–Crippen LogP) is 18.3. The van der Waals surface area contributed by atoms with E-state index in [0.717, 1.165) is 135 Å². The van der Waals surface area contributed by atoms with Crippen molar-refractivity contribution in [3.63, 3.8) is 0 Å². The minimum Gasteiger partial charge on any atom is -0.462 e.